The van der Waals surface area contributed by atoms with Crippen LogP contribution in [0.15, 0.2) is 53.7 Å². The molecule has 0 bridgehead atoms. The summed E-state index contributed by atoms with van der Waals surface area (Å²) in [5.74, 6) is 0.793. The first-order valence-corrected chi connectivity index (χ1v) is 10.4. The summed E-state index contributed by atoms with van der Waals surface area (Å²) in [5, 5.41) is 6.78. The van der Waals surface area contributed by atoms with Gasteiger partial charge in [0.2, 0.25) is 0 Å². The Morgan fingerprint density at radius 2 is 1.69 bits per heavy atom. The van der Waals surface area contributed by atoms with Crippen LogP contribution in [0.1, 0.15) is 48.9 Å². The molecule has 0 spiro atoms. The molecule has 0 unspecified atom stereocenters. The molecular formula is C23H34IN5. The Morgan fingerprint density at radius 3 is 2.38 bits per heavy atom. The molecule has 0 amide bonds. The molecule has 1 aromatic heterocycles. The van der Waals surface area contributed by atoms with Crippen LogP contribution >= 0.6 is 24.0 Å². The van der Waals surface area contributed by atoms with Crippen LogP contribution < -0.4 is 10.6 Å². The summed E-state index contributed by atoms with van der Waals surface area (Å²) in [6, 6.07) is 15.4. The summed E-state index contributed by atoms with van der Waals surface area (Å²) >= 11 is 0. The molecule has 29 heavy (non-hydrogen) atoms. The standard InChI is InChI=1S/C23H33N5.HI/c1-24-23(27-17-21-12-8-9-15-25-21)26-16-19-10-6-7-11-20(19)18-28(2)22-13-4-3-5-14-22;/h6-12,15,22H,3-5,13-14,16-18H2,1-2H3,(H2,24,26,27);1H. The molecule has 5 nitrogen and oxygen atoms in total. The van der Waals surface area contributed by atoms with Crippen molar-refractivity contribution >= 4 is 29.9 Å². The highest BCUT2D eigenvalue weighted by Gasteiger charge is 2.18. The van der Waals surface area contributed by atoms with Gasteiger partial charge < -0.3 is 10.6 Å². The maximum absolute atomic E-state index is 4.34. The van der Waals surface area contributed by atoms with Crippen LogP contribution in [0.4, 0.5) is 0 Å². The van der Waals surface area contributed by atoms with Crippen LogP contribution in [0.5, 0.6) is 0 Å². The fraction of sp³-hybridized carbons (Fsp3) is 0.478. The lowest BCUT2D eigenvalue weighted by Gasteiger charge is -2.31. The molecule has 1 saturated carbocycles. The summed E-state index contributed by atoms with van der Waals surface area (Å²) in [6.07, 6.45) is 8.62. The Hall–Kier alpha value is -1.67. The zero-order valence-corrected chi connectivity index (χ0v) is 19.9. The third kappa shape index (κ3) is 7.59. The van der Waals surface area contributed by atoms with Crippen LogP contribution in [-0.2, 0) is 19.6 Å². The van der Waals surface area contributed by atoms with Gasteiger partial charge >= 0.3 is 0 Å². The molecule has 158 valence electrons. The number of nitrogens with one attached hydrogen (secondary N) is 2. The van der Waals surface area contributed by atoms with Gasteiger partial charge in [-0.15, -0.1) is 24.0 Å². The Kier molecular flexibility index (Phi) is 10.4. The van der Waals surface area contributed by atoms with E-state index >= 15 is 0 Å². The molecule has 1 aliphatic rings. The van der Waals surface area contributed by atoms with E-state index in [9.17, 15) is 0 Å². The van der Waals surface area contributed by atoms with Crippen molar-refractivity contribution < 1.29 is 0 Å². The van der Waals surface area contributed by atoms with E-state index in [2.05, 4.69) is 56.8 Å². The van der Waals surface area contributed by atoms with Crippen LogP contribution in [-0.4, -0.2) is 36.0 Å². The number of aliphatic imine (C=N–C) groups is 1. The zero-order chi connectivity index (χ0) is 19.6. The van der Waals surface area contributed by atoms with Crippen molar-refractivity contribution in [3.8, 4) is 0 Å². The second-order valence-corrected chi connectivity index (χ2v) is 7.58. The summed E-state index contributed by atoms with van der Waals surface area (Å²) in [5.41, 5.74) is 3.72. The second kappa shape index (κ2) is 12.8. The molecule has 6 heteroatoms. The van der Waals surface area contributed by atoms with Crippen molar-refractivity contribution in [1.29, 1.82) is 0 Å². The lowest BCUT2D eigenvalue weighted by molar-refractivity contribution is 0.184. The van der Waals surface area contributed by atoms with Gasteiger partial charge in [0.25, 0.3) is 0 Å². The van der Waals surface area contributed by atoms with Gasteiger partial charge in [0.1, 0.15) is 0 Å². The smallest absolute Gasteiger partial charge is 0.191 e. The second-order valence-electron chi connectivity index (χ2n) is 7.58. The predicted molar refractivity (Wildman–Crippen MR) is 131 cm³/mol. The molecule has 1 aromatic carbocycles. The number of hydrogen-bond donors (Lipinski definition) is 2. The quantitative estimate of drug-likeness (QED) is 0.333. The minimum absolute atomic E-state index is 0. The van der Waals surface area contributed by atoms with Gasteiger partial charge in [-0.25, -0.2) is 0 Å². The number of benzene rings is 1. The van der Waals surface area contributed by atoms with Crippen molar-refractivity contribution in [1.82, 2.24) is 20.5 Å². The Bertz CT molecular complexity index is 744. The van der Waals surface area contributed by atoms with Gasteiger partial charge in [-0.2, -0.15) is 0 Å². The molecule has 0 aliphatic heterocycles. The number of guanidine groups is 1. The van der Waals surface area contributed by atoms with Gasteiger partial charge in [0, 0.05) is 32.4 Å². The minimum atomic E-state index is 0. The van der Waals surface area contributed by atoms with Gasteiger partial charge in [-0.1, -0.05) is 49.6 Å². The van der Waals surface area contributed by atoms with E-state index in [1.54, 1.807) is 7.05 Å². The number of nitrogens with zero attached hydrogens (tertiary/aromatic N) is 3. The van der Waals surface area contributed by atoms with Gasteiger partial charge in [-0.3, -0.25) is 14.9 Å². The first-order valence-electron chi connectivity index (χ1n) is 10.4. The molecule has 0 radical (unpaired) electrons. The van der Waals surface area contributed by atoms with Crippen LogP contribution in [0.2, 0.25) is 0 Å². The van der Waals surface area contributed by atoms with E-state index in [-0.39, 0.29) is 24.0 Å². The van der Waals surface area contributed by atoms with E-state index < -0.39 is 0 Å². The topological polar surface area (TPSA) is 52.6 Å². The highest BCUT2D eigenvalue weighted by molar-refractivity contribution is 14.0. The maximum Gasteiger partial charge on any atom is 0.191 e. The Labute approximate surface area is 192 Å². The predicted octanol–water partition coefficient (Wildman–Crippen LogP) is 4.33. The van der Waals surface area contributed by atoms with Crippen LogP contribution in [0, 0.1) is 0 Å². The lowest BCUT2D eigenvalue weighted by atomic mass is 9.94. The summed E-state index contributed by atoms with van der Waals surface area (Å²) < 4.78 is 0. The average molecular weight is 507 g/mol. The van der Waals surface area contributed by atoms with Crippen molar-refractivity contribution in [2.24, 2.45) is 4.99 Å². The van der Waals surface area contributed by atoms with Gasteiger partial charge in [0.05, 0.1) is 12.2 Å². The van der Waals surface area contributed by atoms with Crippen molar-refractivity contribution in [2.75, 3.05) is 14.1 Å². The van der Waals surface area contributed by atoms with Crippen LogP contribution in [0.3, 0.4) is 0 Å². The zero-order valence-electron chi connectivity index (χ0n) is 17.6. The van der Waals surface area contributed by atoms with E-state index in [1.165, 1.54) is 43.2 Å². The molecule has 1 heterocycles. The minimum Gasteiger partial charge on any atom is -0.352 e. The number of hydrogen-bond acceptors (Lipinski definition) is 3. The van der Waals surface area contributed by atoms with Gasteiger partial charge in [-0.05, 0) is 43.1 Å². The number of halogens is 1. The Balaban J connectivity index is 0.00000300. The summed E-state index contributed by atoms with van der Waals surface area (Å²) in [7, 11) is 4.07. The van der Waals surface area contributed by atoms with E-state index in [4.69, 9.17) is 0 Å². The maximum atomic E-state index is 4.34. The summed E-state index contributed by atoms with van der Waals surface area (Å²) in [4.78, 5) is 11.2. The highest BCUT2D eigenvalue weighted by atomic mass is 127. The number of pyridine rings is 1. The van der Waals surface area contributed by atoms with Crippen molar-refractivity contribution in [3.63, 3.8) is 0 Å². The Morgan fingerprint density at radius 1 is 1.00 bits per heavy atom. The first kappa shape index (κ1) is 23.6. The van der Waals surface area contributed by atoms with Crippen LogP contribution in [0.25, 0.3) is 0 Å². The normalized spacial score (nSPS) is 15.1. The SMILES string of the molecule is CN=C(NCc1ccccn1)NCc1ccccc1CN(C)C1CCCCC1.I. The highest BCUT2D eigenvalue weighted by Crippen LogP contribution is 2.23. The van der Waals surface area contributed by atoms with Crippen molar-refractivity contribution in [3.05, 3.63) is 65.5 Å². The molecule has 3 rings (SSSR count). The molecule has 0 saturated heterocycles. The molecule has 0 atom stereocenters. The molecule has 2 N–H and O–H groups in total. The molecule has 1 fully saturated rings. The molecular weight excluding hydrogens is 473 g/mol. The molecule has 2 aromatic rings. The summed E-state index contributed by atoms with van der Waals surface area (Å²) in [6.45, 7) is 2.42. The lowest BCUT2D eigenvalue weighted by Crippen LogP contribution is -2.37. The monoisotopic (exact) mass is 507 g/mol. The average Bonchev–Trinajstić information content (AvgIpc) is 2.76. The van der Waals surface area contributed by atoms with E-state index in [0.717, 1.165) is 30.8 Å². The van der Waals surface area contributed by atoms with Crippen molar-refractivity contribution in [2.45, 2.75) is 57.8 Å². The fourth-order valence-electron chi connectivity index (χ4n) is 3.88. The van der Waals surface area contributed by atoms with E-state index in [0.29, 0.717) is 6.54 Å². The third-order valence-electron chi connectivity index (χ3n) is 5.57. The largest absolute Gasteiger partial charge is 0.352 e. The fourth-order valence-corrected chi connectivity index (χ4v) is 3.88. The first-order chi connectivity index (χ1) is 13.8. The molecule has 1 aliphatic carbocycles. The van der Waals surface area contributed by atoms with Gasteiger partial charge in [0.15, 0.2) is 5.96 Å². The number of aromatic nitrogens is 1. The third-order valence-corrected chi connectivity index (χ3v) is 5.57. The van der Waals surface area contributed by atoms with E-state index in [1.807, 2.05) is 24.4 Å². The number of rotatable bonds is 7.